The summed E-state index contributed by atoms with van der Waals surface area (Å²) in [6.07, 6.45) is 1.23. The first kappa shape index (κ1) is 12.1. The average Bonchev–Trinajstić information content (AvgIpc) is 2.35. The lowest BCUT2D eigenvalue weighted by atomic mass is 10.1. The molecule has 0 radical (unpaired) electrons. The lowest BCUT2D eigenvalue weighted by molar-refractivity contribution is 0.104. The van der Waals surface area contributed by atoms with E-state index in [1.54, 1.807) is 12.1 Å². The SMILES string of the molecule is C=CC(=O)c1ccc(OC)c(OC)c1OC. The third-order valence-corrected chi connectivity index (χ3v) is 2.16. The first-order valence-electron chi connectivity index (χ1n) is 4.65. The molecule has 0 heterocycles. The third kappa shape index (κ3) is 2.00. The lowest BCUT2D eigenvalue weighted by Crippen LogP contribution is -2.02. The molecule has 0 N–H and O–H groups in total. The normalized spacial score (nSPS) is 9.44. The van der Waals surface area contributed by atoms with Crippen molar-refractivity contribution in [2.24, 2.45) is 0 Å². The molecule has 1 rings (SSSR count). The van der Waals surface area contributed by atoms with Crippen molar-refractivity contribution in [3.8, 4) is 17.2 Å². The number of allylic oxidation sites excluding steroid dienone is 1. The zero-order valence-electron chi connectivity index (χ0n) is 9.57. The monoisotopic (exact) mass is 222 g/mol. The van der Waals surface area contributed by atoms with Gasteiger partial charge in [0.15, 0.2) is 17.3 Å². The molecule has 0 bridgehead atoms. The van der Waals surface area contributed by atoms with Crippen molar-refractivity contribution >= 4 is 5.78 Å². The standard InChI is InChI=1S/C12H14O4/c1-5-9(13)8-6-7-10(14-2)12(16-4)11(8)15-3/h5-7H,1H2,2-4H3. The van der Waals surface area contributed by atoms with Gasteiger partial charge in [0.25, 0.3) is 0 Å². The van der Waals surface area contributed by atoms with E-state index in [4.69, 9.17) is 14.2 Å². The van der Waals surface area contributed by atoms with Crippen LogP contribution in [0.4, 0.5) is 0 Å². The van der Waals surface area contributed by atoms with Crippen LogP contribution in [0.5, 0.6) is 17.2 Å². The van der Waals surface area contributed by atoms with Crippen LogP contribution >= 0.6 is 0 Å². The molecule has 0 aromatic heterocycles. The van der Waals surface area contributed by atoms with Crippen molar-refractivity contribution in [1.82, 2.24) is 0 Å². The Balaban J connectivity index is 3.42. The topological polar surface area (TPSA) is 44.8 Å². The maximum absolute atomic E-state index is 11.6. The predicted octanol–water partition coefficient (Wildman–Crippen LogP) is 2.08. The van der Waals surface area contributed by atoms with Crippen molar-refractivity contribution in [3.05, 3.63) is 30.4 Å². The Morgan fingerprint density at radius 1 is 1.12 bits per heavy atom. The fourth-order valence-corrected chi connectivity index (χ4v) is 1.41. The summed E-state index contributed by atoms with van der Waals surface area (Å²) < 4.78 is 15.4. The van der Waals surface area contributed by atoms with Gasteiger partial charge in [0.05, 0.1) is 26.9 Å². The highest BCUT2D eigenvalue weighted by Gasteiger charge is 2.18. The van der Waals surface area contributed by atoms with Crippen LogP contribution in [0.2, 0.25) is 0 Å². The van der Waals surface area contributed by atoms with E-state index in [1.165, 1.54) is 27.4 Å². The molecule has 0 aliphatic rings. The molecule has 0 saturated heterocycles. The van der Waals surface area contributed by atoms with Crippen LogP contribution in [0.3, 0.4) is 0 Å². The summed E-state index contributed by atoms with van der Waals surface area (Å²) >= 11 is 0. The predicted molar refractivity (Wildman–Crippen MR) is 60.6 cm³/mol. The number of ketones is 1. The van der Waals surface area contributed by atoms with Gasteiger partial charge in [-0.25, -0.2) is 0 Å². The van der Waals surface area contributed by atoms with Gasteiger partial charge in [-0.05, 0) is 18.2 Å². The number of ether oxygens (including phenoxy) is 3. The highest BCUT2D eigenvalue weighted by atomic mass is 16.5. The zero-order valence-corrected chi connectivity index (χ0v) is 9.57. The average molecular weight is 222 g/mol. The van der Waals surface area contributed by atoms with Gasteiger partial charge in [-0.3, -0.25) is 4.79 Å². The van der Waals surface area contributed by atoms with Crippen LogP contribution in [-0.4, -0.2) is 27.1 Å². The Hall–Kier alpha value is -1.97. The minimum Gasteiger partial charge on any atom is -0.493 e. The van der Waals surface area contributed by atoms with E-state index in [1.807, 2.05) is 0 Å². The summed E-state index contributed by atoms with van der Waals surface area (Å²) in [7, 11) is 4.48. The molecule has 4 heteroatoms. The van der Waals surface area contributed by atoms with Crippen molar-refractivity contribution in [2.75, 3.05) is 21.3 Å². The minimum absolute atomic E-state index is 0.224. The van der Waals surface area contributed by atoms with E-state index >= 15 is 0 Å². The van der Waals surface area contributed by atoms with Crippen LogP contribution < -0.4 is 14.2 Å². The molecule has 0 saturated carbocycles. The van der Waals surface area contributed by atoms with Crippen molar-refractivity contribution < 1.29 is 19.0 Å². The summed E-state index contributed by atoms with van der Waals surface area (Å²) in [4.78, 5) is 11.6. The Morgan fingerprint density at radius 3 is 2.19 bits per heavy atom. The fourth-order valence-electron chi connectivity index (χ4n) is 1.41. The van der Waals surface area contributed by atoms with Gasteiger partial charge in [-0.1, -0.05) is 6.58 Å². The second-order valence-electron chi connectivity index (χ2n) is 2.95. The molecule has 1 aromatic carbocycles. The lowest BCUT2D eigenvalue weighted by Gasteiger charge is -2.14. The molecule has 0 aliphatic carbocycles. The largest absolute Gasteiger partial charge is 0.493 e. The molecule has 0 atom stereocenters. The maximum atomic E-state index is 11.6. The number of carbonyl (C=O) groups excluding carboxylic acids is 1. The highest BCUT2D eigenvalue weighted by Crippen LogP contribution is 2.39. The van der Waals surface area contributed by atoms with Gasteiger partial charge in [-0.2, -0.15) is 0 Å². The quantitative estimate of drug-likeness (QED) is 0.565. The first-order valence-corrected chi connectivity index (χ1v) is 4.65. The number of hydrogen-bond donors (Lipinski definition) is 0. The van der Waals surface area contributed by atoms with Gasteiger partial charge < -0.3 is 14.2 Å². The van der Waals surface area contributed by atoms with Crippen molar-refractivity contribution in [2.45, 2.75) is 0 Å². The van der Waals surface area contributed by atoms with Crippen LogP contribution in [0, 0.1) is 0 Å². The van der Waals surface area contributed by atoms with Crippen LogP contribution in [0.1, 0.15) is 10.4 Å². The Morgan fingerprint density at radius 2 is 1.75 bits per heavy atom. The molecule has 0 spiro atoms. The molecule has 0 aliphatic heterocycles. The van der Waals surface area contributed by atoms with Crippen LogP contribution in [0.15, 0.2) is 24.8 Å². The second-order valence-corrected chi connectivity index (χ2v) is 2.95. The molecule has 86 valence electrons. The molecule has 16 heavy (non-hydrogen) atoms. The third-order valence-electron chi connectivity index (χ3n) is 2.16. The van der Waals surface area contributed by atoms with Crippen molar-refractivity contribution in [3.63, 3.8) is 0 Å². The summed E-state index contributed by atoms with van der Waals surface area (Å²) in [5, 5.41) is 0. The van der Waals surface area contributed by atoms with E-state index in [2.05, 4.69) is 6.58 Å². The Labute approximate surface area is 94.4 Å². The van der Waals surface area contributed by atoms with Gasteiger partial charge in [-0.15, -0.1) is 0 Å². The first-order chi connectivity index (χ1) is 7.69. The summed E-state index contributed by atoms with van der Waals surface area (Å²) in [5.74, 6) is 1.04. The van der Waals surface area contributed by atoms with E-state index in [9.17, 15) is 4.79 Å². The highest BCUT2D eigenvalue weighted by molar-refractivity contribution is 6.07. The summed E-state index contributed by atoms with van der Waals surface area (Å²) in [6, 6.07) is 3.27. The second kappa shape index (κ2) is 5.21. The summed E-state index contributed by atoms with van der Waals surface area (Å²) in [5.41, 5.74) is 0.398. The smallest absolute Gasteiger partial charge is 0.204 e. The van der Waals surface area contributed by atoms with Gasteiger partial charge in [0, 0.05) is 0 Å². The zero-order chi connectivity index (χ0) is 12.1. The molecular weight excluding hydrogens is 208 g/mol. The van der Waals surface area contributed by atoms with Gasteiger partial charge >= 0.3 is 0 Å². The molecular formula is C12H14O4. The number of benzene rings is 1. The van der Waals surface area contributed by atoms with Gasteiger partial charge in [0.2, 0.25) is 5.75 Å². The minimum atomic E-state index is -0.224. The molecule has 0 amide bonds. The fraction of sp³-hybridized carbons (Fsp3) is 0.250. The molecule has 4 nitrogen and oxygen atoms in total. The number of hydrogen-bond acceptors (Lipinski definition) is 4. The van der Waals surface area contributed by atoms with E-state index in [0.29, 0.717) is 22.8 Å². The molecule has 0 fully saturated rings. The van der Waals surface area contributed by atoms with Crippen molar-refractivity contribution in [1.29, 1.82) is 0 Å². The maximum Gasteiger partial charge on any atom is 0.204 e. The van der Waals surface area contributed by atoms with E-state index in [0.717, 1.165) is 0 Å². The Bertz CT molecular complexity index is 410. The number of rotatable bonds is 5. The number of carbonyl (C=O) groups is 1. The van der Waals surface area contributed by atoms with E-state index in [-0.39, 0.29) is 5.78 Å². The summed E-state index contributed by atoms with van der Waals surface area (Å²) in [6.45, 7) is 3.43. The van der Waals surface area contributed by atoms with E-state index < -0.39 is 0 Å². The van der Waals surface area contributed by atoms with Gasteiger partial charge in [0.1, 0.15) is 0 Å². The van der Waals surface area contributed by atoms with Crippen LogP contribution in [0.25, 0.3) is 0 Å². The Kier molecular flexibility index (Phi) is 3.94. The van der Waals surface area contributed by atoms with Crippen LogP contribution in [-0.2, 0) is 0 Å². The molecule has 0 unspecified atom stereocenters. The molecule has 1 aromatic rings. The number of methoxy groups -OCH3 is 3.